The SMILES string of the molecule is O=C(C1CCN(S(=O)(=O)c2cc(F)ccc2F)CC1)N(CC1CCCO1)c1nc2ccccc2s1. The van der Waals surface area contributed by atoms with Crippen LogP contribution in [0.25, 0.3) is 10.2 Å². The van der Waals surface area contributed by atoms with E-state index in [2.05, 4.69) is 4.98 Å². The van der Waals surface area contributed by atoms with Gasteiger partial charge in [0.05, 0.1) is 22.9 Å². The molecule has 3 heterocycles. The number of sulfonamides is 1. The van der Waals surface area contributed by atoms with Crippen LogP contribution < -0.4 is 4.90 Å². The molecule has 1 unspecified atom stereocenters. The van der Waals surface area contributed by atoms with Gasteiger partial charge < -0.3 is 4.74 Å². The molecular weight excluding hydrogens is 496 g/mol. The van der Waals surface area contributed by atoms with Crippen molar-refractivity contribution in [3.63, 3.8) is 0 Å². The van der Waals surface area contributed by atoms with Crippen LogP contribution in [0.15, 0.2) is 47.4 Å². The van der Waals surface area contributed by atoms with Crippen LogP contribution in [0.5, 0.6) is 0 Å². The first-order chi connectivity index (χ1) is 16.8. The van der Waals surface area contributed by atoms with Crippen LogP contribution >= 0.6 is 11.3 Å². The summed E-state index contributed by atoms with van der Waals surface area (Å²) in [4.78, 5) is 19.3. The summed E-state index contributed by atoms with van der Waals surface area (Å²) in [5, 5.41) is 0.601. The number of carbonyl (C=O) groups is 1. The highest BCUT2D eigenvalue weighted by Crippen LogP contribution is 2.33. The van der Waals surface area contributed by atoms with E-state index in [1.807, 2.05) is 24.3 Å². The molecule has 186 valence electrons. The maximum absolute atomic E-state index is 14.1. The van der Waals surface area contributed by atoms with Gasteiger partial charge in [-0.15, -0.1) is 0 Å². The number of ether oxygens (including phenoxy) is 1. The van der Waals surface area contributed by atoms with Gasteiger partial charge in [-0.3, -0.25) is 9.69 Å². The van der Waals surface area contributed by atoms with Crippen molar-refractivity contribution in [1.29, 1.82) is 0 Å². The van der Waals surface area contributed by atoms with Crippen molar-refractivity contribution in [1.82, 2.24) is 9.29 Å². The third-order valence-electron chi connectivity index (χ3n) is 6.50. The molecule has 2 saturated heterocycles. The number of aromatic nitrogens is 1. The summed E-state index contributed by atoms with van der Waals surface area (Å²) >= 11 is 1.44. The number of carbonyl (C=O) groups excluding carboxylic acids is 1. The van der Waals surface area contributed by atoms with Crippen LogP contribution in [0.3, 0.4) is 0 Å². The average molecular weight is 522 g/mol. The molecule has 3 aromatic rings. The molecule has 7 nitrogen and oxygen atoms in total. The second-order valence-electron chi connectivity index (χ2n) is 8.80. The third kappa shape index (κ3) is 4.95. The Bertz CT molecular complexity index is 1300. The second kappa shape index (κ2) is 9.88. The molecule has 0 bridgehead atoms. The summed E-state index contributed by atoms with van der Waals surface area (Å²) in [6.45, 7) is 1.15. The number of para-hydroxylation sites is 1. The van der Waals surface area contributed by atoms with Crippen molar-refractivity contribution in [3.8, 4) is 0 Å². The number of thiazole rings is 1. The lowest BCUT2D eigenvalue weighted by Gasteiger charge is -2.33. The van der Waals surface area contributed by atoms with E-state index in [9.17, 15) is 22.0 Å². The Hall–Kier alpha value is -2.47. The topological polar surface area (TPSA) is 79.8 Å². The molecule has 1 atom stereocenters. The minimum absolute atomic E-state index is 0.0440. The van der Waals surface area contributed by atoms with Crippen molar-refractivity contribution < 1.29 is 26.7 Å². The van der Waals surface area contributed by atoms with E-state index in [0.29, 0.717) is 24.3 Å². The van der Waals surface area contributed by atoms with Crippen molar-refractivity contribution in [2.75, 3.05) is 31.1 Å². The maximum atomic E-state index is 14.1. The van der Waals surface area contributed by atoms with Crippen molar-refractivity contribution in [2.24, 2.45) is 5.92 Å². The fraction of sp³-hybridized carbons (Fsp3) is 0.417. The van der Waals surface area contributed by atoms with Gasteiger partial charge in [0.25, 0.3) is 0 Å². The van der Waals surface area contributed by atoms with Gasteiger partial charge in [0.15, 0.2) is 5.13 Å². The zero-order valence-corrected chi connectivity index (χ0v) is 20.5. The minimum Gasteiger partial charge on any atom is -0.376 e. The molecule has 0 saturated carbocycles. The molecule has 5 rings (SSSR count). The molecule has 0 N–H and O–H groups in total. The first-order valence-corrected chi connectivity index (χ1v) is 13.8. The smallest absolute Gasteiger partial charge is 0.246 e. The molecule has 1 aromatic heterocycles. The van der Waals surface area contributed by atoms with E-state index in [4.69, 9.17) is 4.74 Å². The second-order valence-corrected chi connectivity index (χ2v) is 11.7. The van der Waals surface area contributed by atoms with Gasteiger partial charge in [-0.2, -0.15) is 4.31 Å². The number of benzene rings is 2. The van der Waals surface area contributed by atoms with E-state index in [1.165, 1.54) is 11.3 Å². The largest absolute Gasteiger partial charge is 0.376 e. The number of rotatable bonds is 6. The quantitative estimate of drug-likeness (QED) is 0.486. The first-order valence-electron chi connectivity index (χ1n) is 11.6. The summed E-state index contributed by atoms with van der Waals surface area (Å²) in [6, 6.07) is 10.1. The third-order valence-corrected chi connectivity index (χ3v) is 9.48. The van der Waals surface area contributed by atoms with Crippen molar-refractivity contribution in [2.45, 2.75) is 36.7 Å². The molecule has 11 heteroatoms. The van der Waals surface area contributed by atoms with E-state index in [0.717, 1.165) is 39.5 Å². The van der Waals surface area contributed by atoms with Crippen LogP contribution in [-0.2, 0) is 19.6 Å². The Balaban J connectivity index is 1.34. The zero-order valence-electron chi connectivity index (χ0n) is 18.9. The van der Waals surface area contributed by atoms with E-state index in [1.54, 1.807) is 4.90 Å². The molecule has 35 heavy (non-hydrogen) atoms. The molecule has 2 aliphatic rings. The van der Waals surface area contributed by atoms with Crippen LogP contribution in [0, 0.1) is 17.6 Å². The predicted octanol–water partition coefficient (Wildman–Crippen LogP) is 4.19. The Kier molecular flexibility index (Phi) is 6.84. The number of halogens is 2. The van der Waals surface area contributed by atoms with Crippen molar-refractivity contribution >= 4 is 42.6 Å². The minimum atomic E-state index is -4.21. The van der Waals surface area contributed by atoms with Gasteiger partial charge in [0, 0.05) is 25.6 Å². The molecule has 0 radical (unpaired) electrons. The molecule has 2 aliphatic heterocycles. The van der Waals surface area contributed by atoms with Crippen molar-refractivity contribution in [3.05, 3.63) is 54.1 Å². The Morgan fingerprint density at radius 2 is 1.91 bits per heavy atom. The standard InChI is InChI=1S/C24H25F2N3O4S2/c25-17-7-8-19(26)22(14-17)35(31,32)28-11-9-16(10-12-28)23(30)29(15-18-4-3-13-33-18)24-27-20-5-1-2-6-21(20)34-24/h1-2,5-8,14,16,18H,3-4,9-13,15H2. The van der Waals surface area contributed by atoms with Gasteiger partial charge in [-0.25, -0.2) is 22.2 Å². The summed E-state index contributed by atoms with van der Waals surface area (Å²) in [6.07, 6.45) is 2.30. The Morgan fingerprint density at radius 1 is 1.14 bits per heavy atom. The number of hydrogen-bond acceptors (Lipinski definition) is 6. The Morgan fingerprint density at radius 3 is 2.63 bits per heavy atom. The molecule has 0 spiro atoms. The maximum Gasteiger partial charge on any atom is 0.246 e. The highest BCUT2D eigenvalue weighted by atomic mass is 32.2. The fourth-order valence-corrected chi connectivity index (χ4v) is 7.13. The van der Waals surface area contributed by atoms with Crippen LogP contribution in [0.4, 0.5) is 13.9 Å². The van der Waals surface area contributed by atoms with Gasteiger partial charge in [-0.05, 0) is 56.0 Å². The summed E-state index contributed by atoms with van der Waals surface area (Å²) in [5.41, 5.74) is 0.815. The van der Waals surface area contributed by atoms with Crippen LogP contribution in [-0.4, -0.2) is 56.0 Å². The highest BCUT2D eigenvalue weighted by molar-refractivity contribution is 7.89. The van der Waals surface area contributed by atoms with Crippen LogP contribution in [0.1, 0.15) is 25.7 Å². The summed E-state index contributed by atoms with van der Waals surface area (Å²) < 4.78 is 61.5. The number of hydrogen-bond donors (Lipinski definition) is 0. The number of piperidine rings is 1. The normalized spacial score (nSPS) is 19.9. The lowest BCUT2D eigenvalue weighted by molar-refractivity contribution is -0.123. The number of nitrogens with zero attached hydrogens (tertiary/aromatic N) is 3. The van der Waals surface area contributed by atoms with E-state index >= 15 is 0 Å². The lowest BCUT2D eigenvalue weighted by Crippen LogP contribution is -2.46. The average Bonchev–Trinajstić information content (AvgIpc) is 3.53. The predicted molar refractivity (Wildman–Crippen MR) is 129 cm³/mol. The molecule has 2 fully saturated rings. The molecule has 1 amide bonds. The van der Waals surface area contributed by atoms with E-state index < -0.39 is 32.5 Å². The van der Waals surface area contributed by atoms with Gasteiger partial charge in [0.1, 0.15) is 16.5 Å². The lowest BCUT2D eigenvalue weighted by atomic mass is 9.96. The highest BCUT2D eigenvalue weighted by Gasteiger charge is 2.37. The summed E-state index contributed by atoms with van der Waals surface area (Å²) in [7, 11) is -4.21. The van der Waals surface area contributed by atoms with Crippen LogP contribution in [0.2, 0.25) is 0 Å². The summed E-state index contributed by atoms with van der Waals surface area (Å²) in [5.74, 6) is -2.35. The molecule has 2 aromatic carbocycles. The van der Waals surface area contributed by atoms with Gasteiger partial charge in [0.2, 0.25) is 15.9 Å². The Labute approximate surface area is 206 Å². The number of amides is 1. The fourth-order valence-electron chi connectivity index (χ4n) is 4.61. The number of fused-ring (bicyclic) bond motifs is 1. The number of anilines is 1. The molecule has 0 aliphatic carbocycles. The van der Waals surface area contributed by atoms with Gasteiger partial charge >= 0.3 is 0 Å². The van der Waals surface area contributed by atoms with E-state index in [-0.39, 0.29) is 37.9 Å². The zero-order chi connectivity index (χ0) is 24.6. The van der Waals surface area contributed by atoms with Gasteiger partial charge in [-0.1, -0.05) is 23.5 Å². The molecular formula is C24H25F2N3O4S2. The first kappa shape index (κ1) is 24.2. The monoisotopic (exact) mass is 521 g/mol.